The highest BCUT2D eigenvalue weighted by Crippen LogP contribution is 2.45. The van der Waals surface area contributed by atoms with Crippen LogP contribution in [0, 0.1) is 5.82 Å². The number of hydrogen-bond donors (Lipinski definition) is 1. The van der Waals surface area contributed by atoms with Gasteiger partial charge in [-0.3, -0.25) is 9.59 Å². The number of carboxylic acid groups (broad SMARTS) is 1. The van der Waals surface area contributed by atoms with E-state index in [1.807, 2.05) is 31.2 Å². The van der Waals surface area contributed by atoms with Crippen LogP contribution in [-0.4, -0.2) is 56.9 Å². The number of halogens is 3. The van der Waals surface area contributed by atoms with Gasteiger partial charge >= 0.3 is 5.97 Å². The van der Waals surface area contributed by atoms with Crippen LogP contribution in [0.25, 0.3) is 0 Å². The van der Waals surface area contributed by atoms with Crippen LogP contribution < -0.4 is 0 Å². The molecule has 3 aromatic carbocycles. The first-order valence-corrected chi connectivity index (χ1v) is 15.6. The number of rotatable bonds is 9. The first-order chi connectivity index (χ1) is 21.0. The molecule has 5 atom stereocenters. The maximum Gasteiger partial charge on any atom is 0.329 e. The lowest BCUT2D eigenvalue weighted by Gasteiger charge is -2.49. The van der Waals surface area contributed by atoms with E-state index in [4.69, 9.17) is 27.9 Å². The number of nitrogens with zero attached hydrogens (tertiary/aromatic N) is 2. The Balaban J connectivity index is 1.66. The lowest BCUT2D eigenvalue weighted by atomic mass is 9.88. The molecule has 3 aromatic rings. The van der Waals surface area contributed by atoms with Gasteiger partial charge in [-0.05, 0) is 79.3 Å². The zero-order valence-corrected chi connectivity index (χ0v) is 26.1. The second kappa shape index (κ2) is 13.3. The van der Waals surface area contributed by atoms with E-state index in [1.54, 1.807) is 48.2 Å². The summed E-state index contributed by atoms with van der Waals surface area (Å²) >= 11 is 12.5. The van der Waals surface area contributed by atoms with Crippen molar-refractivity contribution in [2.24, 2.45) is 0 Å². The van der Waals surface area contributed by atoms with E-state index in [0.29, 0.717) is 46.9 Å². The SMILES string of the molecule is CCC[C@@H](C(=O)N1CCC[C@@]1(C)C(=O)O)N1C(=O)[C@@H](Cc2ccc(F)cc2)O[C@H](c2ccc(Cl)cc2)[C@@H]1c1ccc(Cl)cc1. The number of carboxylic acids is 1. The van der Waals surface area contributed by atoms with Crippen molar-refractivity contribution >= 4 is 41.0 Å². The third-order valence-electron chi connectivity index (χ3n) is 8.72. The molecule has 0 bridgehead atoms. The van der Waals surface area contributed by atoms with Gasteiger partial charge < -0.3 is 19.6 Å². The molecule has 2 fully saturated rings. The van der Waals surface area contributed by atoms with Crippen molar-refractivity contribution in [1.82, 2.24) is 9.80 Å². The number of likely N-dealkylation sites (tertiary alicyclic amines) is 1. The summed E-state index contributed by atoms with van der Waals surface area (Å²) in [6.07, 6.45) is 0.194. The van der Waals surface area contributed by atoms with Crippen LogP contribution in [0.4, 0.5) is 4.39 Å². The van der Waals surface area contributed by atoms with Gasteiger partial charge in [0, 0.05) is 23.0 Å². The van der Waals surface area contributed by atoms with Crippen LogP contribution in [0.5, 0.6) is 0 Å². The van der Waals surface area contributed by atoms with Gasteiger partial charge in [0.25, 0.3) is 5.91 Å². The number of carbonyl (C=O) groups is 3. The number of aliphatic carboxylic acids is 1. The molecular formula is C34H35Cl2FN2O5. The fraction of sp³-hybridized carbons (Fsp3) is 0.382. The topological polar surface area (TPSA) is 87.2 Å². The van der Waals surface area contributed by atoms with E-state index in [1.165, 1.54) is 17.0 Å². The molecule has 0 radical (unpaired) electrons. The minimum Gasteiger partial charge on any atom is -0.480 e. The normalized spacial score (nSPS) is 24.4. The van der Waals surface area contributed by atoms with Gasteiger partial charge in [-0.25, -0.2) is 9.18 Å². The average Bonchev–Trinajstić information content (AvgIpc) is 3.41. The summed E-state index contributed by atoms with van der Waals surface area (Å²) in [4.78, 5) is 44.5. The van der Waals surface area contributed by atoms with Gasteiger partial charge in [-0.2, -0.15) is 0 Å². The van der Waals surface area contributed by atoms with E-state index in [9.17, 15) is 23.9 Å². The number of morpholine rings is 1. The predicted octanol–water partition coefficient (Wildman–Crippen LogP) is 7.02. The van der Waals surface area contributed by atoms with Gasteiger partial charge in [0.05, 0.1) is 6.04 Å². The monoisotopic (exact) mass is 640 g/mol. The second-order valence-electron chi connectivity index (χ2n) is 11.6. The van der Waals surface area contributed by atoms with Crippen molar-refractivity contribution in [2.75, 3.05) is 6.54 Å². The smallest absolute Gasteiger partial charge is 0.329 e. The molecule has 5 rings (SSSR count). The Kier molecular flexibility index (Phi) is 9.63. The molecule has 2 aliphatic rings. The summed E-state index contributed by atoms with van der Waals surface area (Å²) in [5.74, 6) is -2.27. The highest BCUT2D eigenvalue weighted by molar-refractivity contribution is 6.30. The van der Waals surface area contributed by atoms with E-state index in [2.05, 4.69) is 0 Å². The highest BCUT2D eigenvalue weighted by atomic mass is 35.5. The molecule has 44 heavy (non-hydrogen) atoms. The maximum absolute atomic E-state index is 14.6. The Hall–Kier alpha value is -3.46. The van der Waals surface area contributed by atoms with Gasteiger partial charge in [-0.1, -0.05) is 72.9 Å². The number of ether oxygens (including phenoxy) is 1. The Bertz CT molecular complexity index is 1500. The zero-order chi connectivity index (χ0) is 31.6. The fourth-order valence-electron chi connectivity index (χ4n) is 6.36. The standard InChI is InChI=1S/C34H35Cl2FN2O5/c1-3-5-27(31(40)38-19-4-18-34(38,2)33(42)43)39-29(22-8-12-24(35)13-9-22)30(23-10-14-25(36)15-11-23)44-28(32(39)41)20-21-6-16-26(37)17-7-21/h6-17,27-30H,3-5,18-20H2,1-2H3,(H,42,43)/t27-,28+,29-,30+,34-/m0/s1. The third kappa shape index (κ3) is 6.34. The molecule has 0 aliphatic carbocycles. The van der Waals surface area contributed by atoms with E-state index in [0.717, 1.165) is 5.56 Å². The minimum absolute atomic E-state index is 0.149. The van der Waals surface area contributed by atoms with Crippen LogP contribution in [-0.2, 0) is 25.5 Å². The first-order valence-electron chi connectivity index (χ1n) is 14.8. The molecule has 2 aliphatic heterocycles. The molecule has 2 saturated heterocycles. The predicted molar refractivity (Wildman–Crippen MR) is 166 cm³/mol. The molecule has 0 spiro atoms. The van der Waals surface area contributed by atoms with Crippen LogP contribution in [0.1, 0.15) is 68.4 Å². The number of benzene rings is 3. The first kappa shape index (κ1) is 31.9. The van der Waals surface area contributed by atoms with Crippen molar-refractivity contribution in [2.45, 2.75) is 75.8 Å². The summed E-state index contributed by atoms with van der Waals surface area (Å²) in [5.41, 5.74) is 0.771. The average molecular weight is 642 g/mol. The minimum atomic E-state index is -1.38. The fourth-order valence-corrected chi connectivity index (χ4v) is 6.61. The van der Waals surface area contributed by atoms with E-state index >= 15 is 0 Å². The van der Waals surface area contributed by atoms with Gasteiger partial charge in [0.1, 0.15) is 29.6 Å². The van der Waals surface area contributed by atoms with Crippen LogP contribution in [0.2, 0.25) is 10.0 Å². The highest BCUT2D eigenvalue weighted by Gasteiger charge is 2.52. The van der Waals surface area contributed by atoms with Crippen molar-refractivity contribution in [3.05, 3.63) is 105 Å². The molecule has 7 nitrogen and oxygen atoms in total. The Morgan fingerprint density at radius 3 is 2.16 bits per heavy atom. The van der Waals surface area contributed by atoms with Gasteiger partial charge in [-0.15, -0.1) is 0 Å². The zero-order valence-electron chi connectivity index (χ0n) is 24.6. The lowest BCUT2D eigenvalue weighted by Crippen LogP contribution is -2.62. The van der Waals surface area contributed by atoms with Crippen LogP contribution >= 0.6 is 23.2 Å². The van der Waals surface area contributed by atoms with Gasteiger partial charge in [0.15, 0.2) is 0 Å². The van der Waals surface area contributed by atoms with Crippen LogP contribution in [0.15, 0.2) is 72.8 Å². The summed E-state index contributed by atoms with van der Waals surface area (Å²) in [6.45, 7) is 3.77. The van der Waals surface area contributed by atoms with Crippen LogP contribution in [0.3, 0.4) is 0 Å². The summed E-state index contributed by atoms with van der Waals surface area (Å²) in [7, 11) is 0. The second-order valence-corrected chi connectivity index (χ2v) is 12.5. The molecule has 2 amide bonds. The molecule has 10 heteroatoms. The van der Waals surface area contributed by atoms with Crippen molar-refractivity contribution in [3.63, 3.8) is 0 Å². The largest absolute Gasteiger partial charge is 0.480 e. The molecular weight excluding hydrogens is 606 g/mol. The van der Waals surface area contributed by atoms with Gasteiger partial charge in [0.2, 0.25) is 5.91 Å². The van der Waals surface area contributed by atoms with Crippen molar-refractivity contribution in [3.8, 4) is 0 Å². The number of carbonyl (C=O) groups excluding carboxylic acids is 2. The Morgan fingerprint density at radius 2 is 1.59 bits per heavy atom. The quantitative estimate of drug-likeness (QED) is 0.272. The Labute approximate surface area is 266 Å². The third-order valence-corrected chi connectivity index (χ3v) is 9.23. The molecule has 232 valence electrons. The molecule has 0 saturated carbocycles. The van der Waals surface area contributed by atoms with E-state index < -0.39 is 53.4 Å². The number of hydrogen-bond acceptors (Lipinski definition) is 4. The molecule has 1 N–H and O–H groups in total. The Morgan fingerprint density at radius 1 is 1.00 bits per heavy atom. The molecule has 0 aromatic heterocycles. The summed E-state index contributed by atoms with van der Waals surface area (Å²) < 4.78 is 20.3. The number of amides is 2. The van der Waals surface area contributed by atoms with Crippen molar-refractivity contribution in [1.29, 1.82) is 0 Å². The summed E-state index contributed by atoms with van der Waals surface area (Å²) in [5, 5.41) is 11.2. The lowest BCUT2D eigenvalue weighted by molar-refractivity contribution is -0.184. The molecule has 2 heterocycles. The van der Waals surface area contributed by atoms with E-state index in [-0.39, 0.29) is 13.0 Å². The molecule has 0 unspecified atom stereocenters. The van der Waals surface area contributed by atoms with Crippen molar-refractivity contribution < 1.29 is 28.6 Å². The summed E-state index contributed by atoms with van der Waals surface area (Å²) in [6, 6.07) is 18.4. The maximum atomic E-state index is 14.6.